The summed E-state index contributed by atoms with van der Waals surface area (Å²) in [4.78, 5) is 15.8. The molecular formula is C30H26ClN5O2. The van der Waals surface area contributed by atoms with Crippen LogP contribution in [0.4, 0.5) is 10.5 Å². The van der Waals surface area contributed by atoms with Gasteiger partial charge in [0.1, 0.15) is 11.6 Å². The number of amides is 2. The quantitative estimate of drug-likeness (QED) is 0.283. The first-order chi connectivity index (χ1) is 18.5. The Morgan fingerprint density at radius 3 is 2.53 bits per heavy atom. The van der Waals surface area contributed by atoms with Gasteiger partial charge in [0.15, 0.2) is 0 Å². The fourth-order valence-corrected chi connectivity index (χ4v) is 5.24. The maximum absolute atomic E-state index is 14.0. The molecule has 5 aromatic rings. The summed E-state index contributed by atoms with van der Waals surface area (Å²) in [7, 11) is 1.64. The van der Waals surface area contributed by atoms with E-state index in [4.69, 9.17) is 21.4 Å². The van der Waals surface area contributed by atoms with E-state index in [9.17, 15) is 4.79 Å². The van der Waals surface area contributed by atoms with Crippen LogP contribution in [0, 0.1) is 6.92 Å². The zero-order chi connectivity index (χ0) is 26.2. The Morgan fingerprint density at radius 1 is 1.00 bits per heavy atom. The monoisotopic (exact) mass is 523 g/mol. The molecular weight excluding hydrogens is 498 g/mol. The number of aryl methyl sites for hydroxylation is 1. The van der Waals surface area contributed by atoms with Gasteiger partial charge in [0.2, 0.25) is 0 Å². The molecule has 2 aromatic heterocycles. The smallest absolute Gasteiger partial charge is 0.322 e. The molecule has 38 heavy (non-hydrogen) atoms. The molecule has 0 unspecified atom stereocenters. The highest BCUT2D eigenvalue weighted by molar-refractivity contribution is 6.30. The first-order valence-corrected chi connectivity index (χ1v) is 12.7. The van der Waals surface area contributed by atoms with E-state index in [1.165, 1.54) is 0 Å². The zero-order valence-corrected chi connectivity index (χ0v) is 21.8. The normalized spacial score (nSPS) is 14.4. The Bertz CT molecular complexity index is 1610. The van der Waals surface area contributed by atoms with Crippen LogP contribution in [0.25, 0.3) is 11.5 Å². The molecule has 8 heteroatoms. The van der Waals surface area contributed by atoms with Crippen LogP contribution in [0.3, 0.4) is 0 Å². The van der Waals surface area contributed by atoms with E-state index < -0.39 is 0 Å². The van der Waals surface area contributed by atoms with Crippen LogP contribution in [0.2, 0.25) is 5.02 Å². The van der Waals surface area contributed by atoms with E-state index in [0.29, 0.717) is 17.3 Å². The molecule has 0 fully saturated rings. The van der Waals surface area contributed by atoms with Gasteiger partial charge >= 0.3 is 6.03 Å². The number of nitrogens with one attached hydrogen (secondary N) is 1. The van der Waals surface area contributed by atoms with Gasteiger partial charge in [-0.05, 0) is 67.1 Å². The summed E-state index contributed by atoms with van der Waals surface area (Å²) < 4.78 is 9.50. The number of hydrogen-bond acceptors (Lipinski definition) is 3. The van der Waals surface area contributed by atoms with Crippen molar-refractivity contribution in [3.05, 3.63) is 125 Å². The van der Waals surface area contributed by atoms with Crippen molar-refractivity contribution in [3.8, 4) is 17.3 Å². The van der Waals surface area contributed by atoms with Gasteiger partial charge in [-0.1, -0.05) is 48.0 Å². The summed E-state index contributed by atoms with van der Waals surface area (Å²) in [6.07, 6.45) is 2.03. The maximum Gasteiger partial charge on any atom is 0.322 e. The van der Waals surface area contributed by atoms with Gasteiger partial charge in [0.05, 0.1) is 36.8 Å². The van der Waals surface area contributed by atoms with Crippen molar-refractivity contribution in [1.29, 1.82) is 0 Å². The van der Waals surface area contributed by atoms with Gasteiger partial charge < -0.3 is 19.5 Å². The summed E-state index contributed by atoms with van der Waals surface area (Å²) in [6.45, 7) is 2.35. The highest BCUT2D eigenvalue weighted by Crippen LogP contribution is 2.39. The van der Waals surface area contributed by atoms with Crippen LogP contribution in [0.1, 0.15) is 28.6 Å². The van der Waals surface area contributed by atoms with E-state index in [-0.39, 0.29) is 12.1 Å². The molecule has 1 N–H and O–H groups in total. The second kappa shape index (κ2) is 9.76. The molecule has 3 heterocycles. The number of benzene rings is 3. The van der Waals surface area contributed by atoms with E-state index in [0.717, 1.165) is 39.8 Å². The zero-order valence-electron chi connectivity index (χ0n) is 21.0. The lowest BCUT2D eigenvalue weighted by Gasteiger charge is -2.31. The predicted octanol–water partition coefficient (Wildman–Crippen LogP) is 6.77. The summed E-state index contributed by atoms with van der Waals surface area (Å²) in [6, 6.07) is 28.5. The van der Waals surface area contributed by atoms with Crippen LogP contribution in [-0.4, -0.2) is 32.4 Å². The van der Waals surface area contributed by atoms with E-state index >= 15 is 0 Å². The lowest BCUT2D eigenvalue weighted by atomic mass is 10.0. The van der Waals surface area contributed by atoms with Crippen molar-refractivity contribution in [2.45, 2.75) is 19.5 Å². The molecule has 1 aliphatic heterocycles. The number of anilines is 1. The van der Waals surface area contributed by atoms with Crippen LogP contribution in [-0.2, 0) is 6.54 Å². The number of fused-ring (bicyclic) bond motifs is 3. The standard InChI is InChI=1S/C30H26ClN5O2/c1-20-26-19-35(30(37)32-23-9-6-8-22(31)18-23)28(21-13-15-25(38-2)16-14-21)27-12-7-17-34(27)29(26)36(33-20)24-10-4-3-5-11-24/h3-18,28H,19H2,1-2H3,(H,32,37)/t28-/m1/s1. The van der Waals surface area contributed by atoms with Gasteiger partial charge in [0.25, 0.3) is 0 Å². The average Bonchev–Trinajstić information content (AvgIpc) is 3.49. The molecule has 0 saturated heterocycles. The van der Waals surface area contributed by atoms with Crippen LogP contribution >= 0.6 is 11.6 Å². The van der Waals surface area contributed by atoms with Crippen molar-refractivity contribution < 1.29 is 9.53 Å². The van der Waals surface area contributed by atoms with Gasteiger partial charge in [-0.15, -0.1) is 0 Å². The molecule has 7 nitrogen and oxygen atoms in total. The van der Waals surface area contributed by atoms with Crippen LogP contribution in [0.5, 0.6) is 5.75 Å². The molecule has 2 amide bonds. The number of nitrogens with zero attached hydrogens (tertiary/aromatic N) is 4. The van der Waals surface area contributed by atoms with E-state index in [2.05, 4.69) is 16.0 Å². The molecule has 190 valence electrons. The number of carbonyl (C=O) groups excluding carboxylic acids is 1. The Labute approximate surface area is 225 Å². The number of halogens is 1. The van der Waals surface area contributed by atoms with Gasteiger partial charge in [0, 0.05) is 22.5 Å². The highest BCUT2D eigenvalue weighted by Gasteiger charge is 2.36. The number of para-hydroxylation sites is 1. The fraction of sp³-hybridized carbons (Fsp3) is 0.133. The van der Waals surface area contributed by atoms with Crippen LogP contribution in [0.15, 0.2) is 97.2 Å². The van der Waals surface area contributed by atoms with E-state index in [1.54, 1.807) is 19.2 Å². The molecule has 6 rings (SSSR count). The number of carbonyl (C=O) groups is 1. The number of aromatic nitrogens is 3. The lowest BCUT2D eigenvalue weighted by Crippen LogP contribution is -2.38. The molecule has 1 atom stereocenters. The molecule has 0 bridgehead atoms. The first-order valence-electron chi connectivity index (χ1n) is 12.3. The first kappa shape index (κ1) is 23.9. The summed E-state index contributed by atoms with van der Waals surface area (Å²) in [5.41, 5.74) is 5.34. The van der Waals surface area contributed by atoms with Crippen molar-refractivity contribution in [2.24, 2.45) is 0 Å². The minimum Gasteiger partial charge on any atom is -0.497 e. The lowest BCUT2D eigenvalue weighted by molar-refractivity contribution is 0.194. The van der Waals surface area contributed by atoms with Gasteiger partial charge in [-0.3, -0.25) is 0 Å². The molecule has 1 aliphatic rings. The number of ether oxygens (including phenoxy) is 1. The van der Waals surface area contributed by atoms with Crippen molar-refractivity contribution in [3.63, 3.8) is 0 Å². The topological polar surface area (TPSA) is 64.3 Å². The minimum atomic E-state index is -0.369. The Kier molecular flexibility index (Phi) is 6.13. The Morgan fingerprint density at radius 2 is 1.79 bits per heavy atom. The number of urea groups is 1. The van der Waals surface area contributed by atoms with Crippen molar-refractivity contribution in [2.75, 3.05) is 12.4 Å². The second-order valence-corrected chi connectivity index (χ2v) is 9.62. The Balaban J connectivity index is 1.53. The van der Waals surface area contributed by atoms with Crippen molar-refractivity contribution >= 4 is 23.3 Å². The van der Waals surface area contributed by atoms with Gasteiger partial charge in [-0.25, -0.2) is 9.48 Å². The summed E-state index contributed by atoms with van der Waals surface area (Å²) in [5, 5.41) is 8.51. The largest absolute Gasteiger partial charge is 0.497 e. The molecule has 3 aromatic carbocycles. The molecule has 0 radical (unpaired) electrons. The molecule has 0 aliphatic carbocycles. The van der Waals surface area contributed by atoms with Crippen LogP contribution < -0.4 is 10.1 Å². The predicted molar refractivity (Wildman–Crippen MR) is 148 cm³/mol. The summed E-state index contributed by atoms with van der Waals surface area (Å²) in [5.74, 6) is 1.68. The van der Waals surface area contributed by atoms with Crippen molar-refractivity contribution in [1.82, 2.24) is 19.2 Å². The average molecular weight is 524 g/mol. The molecule has 0 saturated carbocycles. The summed E-state index contributed by atoms with van der Waals surface area (Å²) >= 11 is 6.20. The highest BCUT2D eigenvalue weighted by atomic mass is 35.5. The third-order valence-corrected chi connectivity index (χ3v) is 7.09. The third kappa shape index (κ3) is 4.21. The SMILES string of the molecule is COc1ccc([C@@H]2c3cccn3-c3c(c(C)nn3-c3ccccc3)CN2C(=O)Nc2cccc(Cl)c2)cc1. The maximum atomic E-state index is 14.0. The Hall–Kier alpha value is -4.49. The number of methoxy groups -OCH3 is 1. The number of rotatable bonds is 4. The van der Waals surface area contributed by atoms with Gasteiger partial charge in [-0.2, -0.15) is 5.10 Å². The third-order valence-electron chi connectivity index (χ3n) is 6.86. The molecule has 0 spiro atoms. The number of hydrogen-bond donors (Lipinski definition) is 1. The second-order valence-electron chi connectivity index (χ2n) is 9.18. The fourth-order valence-electron chi connectivity index (χ4n) is 5.05. The van der Waals surface area contributed by atoms with E-state index in [1.807, 2.05) is 95.5 Å². The minimum absolute atomic E-state index is 0.236.